The minimum absolute atomic E-state index is 0.198. The Balaban J connectivity index is 2.22. The molecule has 8 nitrogen and oxygen atoms in total. The number of carbonyl (C=O) groups is 4. The molecule has 1 fully saturated rings. The van der Waals surface area contributed by atoms with Crippen LogP contribution in [0.1, 0.15) is 38.2 Å². The topological polar surface area (TPSA) is 113 Å². The van der Waals surface area contributed by atoms with Crippen LogP contribution in [0.4, 0.5) is 4.79 Å². The zero-order valence-corrected chi connectivity index (χ0v) is 15.1. The van der Waals surface area contributed by atoms with Crippen molar-refractivity contribution in [1.29, 1.82) is 0 Å². The first-order valence-corrected chi connectivity index (χ1v) is 8.76. The van der Waals surface area contributed by atoms with Crippen LogP contribution in [-0.4, -0.2) is 47.0 Å². The number of nitrogens with one attached hydrogen (secondary N) is 1. The molecule has 0 bridgehead atoms. The highest BCUT2D eigenvalue weighted by Gasteiger charge is 2.35. The number of ether oxygens (including phenoxy) is 1. The first kappa shape index (κ1) is 20.2. The van der Waals surface area contributed by atoms with Gasteiger partial charge in [-0.05, 0) is 18.6 Å². The van der Waals surface area contributed by atoms with Crippen molar-refractivity contribution in [2.45, 2.75) is 32.6 Å². The van der Waals surface area contributed by atoms with E-state index >= 15 is 0 Å². The fourth-order valence-corrected chi connectivity index (χ4v) is 2.62. The Morgan fingerprint density at radius 1 is 1.19 bits per heavy atom. The number of unbranched alkanes of at least 4 members (excludes halogenated alkanes) is 3. The number of benzene rings is 1. The van der Waals surface area contributed by atoms with Crippen LogP contribution in [0, 0.1) is 0 Å². The summed E-state index contributed by atoms with van der Waals surface area (Å²) in [5, 5.41) is 10.9. The molecule has 1 aliphatic rings. The smallest absolute Gasteiger partial charge is 0.341 e. The summed E-state index contributed by atoms with van der Waals surface area (Å²) in [6, 6.07) is 5.71. The third-order valence-corrected chi connectivity index (χ3v) is 3.99. The molecular formula is C19H22N2O6. The van der Waals surface area contributed by atoms with E-state index < -0.39 is 30.4 Å². The fraction of sp³-hybridized carbons (Fsp3) is 0.368. The molecule has 4 amide bonds. The Hall–Kier alpha value is -3.16. The van der Waals surface area contributed by atoms with E-state index in [1.807, 2.05) is 0 Å². The van der Waals surface area contributed by atoms with E-state index in [1.54, 1.807) is 18.2 Å². The van der Waals surface area contributed by atoms with Gasteiger partial charge in [-0.2, -0.15) is 0 Å². The van der Waals surface area contributed by atoms with Gasteiger partial charge >= 0.3 is 12.0 Å². The molecule has 0 saturated carbocycles. The van der Waals surface area contributed by atoms with Gasteiger partial charge < -0.3 is 9.84 Å². The van der Waals surface area contributed by atoms with Crippen molar-refractivity contribution in [2.24, 2.45) is 0 Å². The molecule has 2 N–H and O–H groups in total. The molecule has 0 radical (unpaired) electrons. The lowest BCUT2D eigenvalue weighted by molar-refractivity contribution is -0.139. The van der Waals surface area contributed by atoms with Gasteiger partial charge in [0.15, 0.2) is 6.61 Å². The molecule has 0 aromatic heterocycles. The normalized spacial score (nSPS) is 15.8. The Morgan fingerprint density at radius 3 is 2.63 bits per heavy atom. The minimum Gasteiger partial charge on any atom is -0.481 e. The Labute approximate surface area is 156 Å². The van der Waals surface area contributed by atoms with E-state index in [-0.39, 0.29) is 17.9 Å². The van der Waals surface area contributed by atoms with E-state index in [2.05, 4.69) is 12.2 Å². The lowest BCUT2D eigenvalue weighted by atomic mass is 10.1. The van der Waals surface area contributed by atoms with Gasteiger partial charge in [0.1, 0.15) is 11.3 Å². The van der Waals surface area contributed by atoms with Crippen LogP contribution in [0.25, 0.3) is 6.08 Å². The maximum absolute atomic E-state index is 12.6. The molecule has 8 heteroatoms. The van der Waals surface area contributed by atoms with Gasteiger partial charge in [-0.1, -0.05) is 44.4 Å². The lowest BCUT2D eigenvalue weighted by Gasteiger charge is -2.26. The molecule has 0 unspecified atom stereocenters. The highest BCUT2D eigenvalue weighted by Crippen LogP contribution is 2.23. The second kappa shape index (κ2) is 9.51. The highest BCUT2D eigenvalue weighted by atomic mass is 16.5. The number of rotatable bonds is 9. The number of nitrogens with zero attached hydrogens (tertiary/aromatic N) is 1. The molecular weight excluding hydrogens is 352 g/mol. The average molecular weight is 374 g/mol. The summed E-state index contributed by atoms with van der Waals surface area (Å²) in [6.45, 7) is 1.73. The van der Waals surface area contributed by atoms with Gasteiger partial charge in [0, 0.05) is 12.1 Å². The summed E-state index contributed by atoms with van der Waals surface area (Å²) in [5.74, 6) is -2.39. The fourth-order valence-electron chi connectivity index (χ4n) is 2.62. The second-order valence-corrected chi connectivity index (χ2v) is 6.05. The zero-order chi connectivity index (χ0) is 19.8. The quantitative estimate of drug-likeness (QED) is 0.389. The SMILES string of the molecule is CCCCCCN1C(=O)NC(=O)/C(=C\c2ccccc2OCC(=O)O)C1=O. The van der Waals surface area contributed by atoms with Gasteiger partial charge in [0.05, 0.1) is 0 Å². The maximum Gasteiger partial charge on any atom is 0.341 e. The van der Waals surface area contributed by atoms with Gasteiger partial charge in [-0.3, -0.25) is 19.8 Å². The van der Waals surface area contributed by atoms with Gasteiger partial charge in [-0.15, -0.1) is 0 Å². The van der Waals surface area contributed by atoms with Crippen LogP contribution in [0.15, 0.2) is 29.8 Å². The van der Waals surface area contributed by atoms with Crippen LogP contribution in [0.2, 0.25) is 0 Å². The number of urea groups is 1. The van der Waals surface area contributed by atoms with Crippen LogP contribution in [0.5, 0.6) is 5.75 Å². The number of amides is 4. The number of carbonyl (C=O) groups excluding carboxylic acids is 3. The van der Waals surface area contributed by atoms with Crippen molar-refractivity contribution >= 4 is 29.9 Å². The zero-order valence-electron chi connectivity index (χ0n) is 15.1. The molecule has 1 saturated heterocycles. The third-order valence-electron chi connectivity index (χ3n) is 3.99. The number of hydrogen-bond donors (Lipinski definition) is 2. The van der Waals surface area contributed by atoms with Crippen molar-refractivity contribution < 1.29 is 29.0 Å². The summed E-state index contributed by atoms with van der Waals surface area (Å²) in [7, 11) is 0. The Bertz CT molecular complexity index is 771. The molecule has 1 heterocycles. The third kappa shape index (κ3) is 5.40. The van der Waals surface area contributed by atoms with E-state index in [9.17, 15) is 19.2 Å². The summed E-state index contributed by atoms with van der Waals surface area (Å²) in [4.78, 5) is 48.5. The maximum atomic E-state index is 12.6. The first-order valence-electron chi connectivity index (χ1n) is 8.76. The number of carboxylic acids is 1. The predicted molar refractivity (Wildman–Crippen MR) is 96.9 cm³/mol. The molecule has 144 valence electrons. The molecule has 0 aliphatic carbocycles. The minimum atomic E-state index is -1.15. The van der Waals surface area contributed by atoms with Crippen molar-refractivity contribution in [3.8, 4) is 5.75 Å². The number of hydrogen-bond acceptors (Lipinski definition) is 5. The van der Waals surface area contributed by atoms with Crippen LogP contribution < -0.4 is 10.1 Å². The summed E-state index contributed by atoms with van der Waals surface area (Å²) >= 11 is 0. The number of barbiturate groups is 1. The van der Waals surface area contributed by atoms with Crippen LogP contribution in [0.3, 0.4) is 0 Å². The van der Waals surface area contributed by atoms with Crippen LogP contribution >= 0.6 is 0 Å². The molecule has 2 rings (SSSR count). The van der Waals surface area contributed by atoms with E-state index in [1.165, 1.54) is 12.1 Å². The van der Waals surface area contributed by atoms with Gasteiger partial charge in [0.25, 0.3) is 11.8 Å². The number of para-hydroxylation sites is 1. The Kier molecular flexibility index (Phi) is 7.10. The van der Waals surface area contributed by atoms with E-state index in [0.29, 0.717) is 12.0 Å². The Morgan fingerprint density at radius 2 is 1.93 bits per heavy atom. The lowest BCUT2D eigenvalue weighted by Crippen LogP contribution is -2.54. The standard InChI is InChI=1S/C19H22N2O6/c1-2-3-4-7-10-21-18(25)14(17(24)20-19(21)26)11-13-8-5-6-9-15(13)27-12-16(22)23/h5-6,8-9,11H,2-4,7,10,12H2,1H3,(H,22,23)(H,20,24,26)/b14-11+. The largest absolute Gasteiger partial charge is 0.481 e. The number of aliphatic carboxylic acids is 1. The van der Waals surface area contributed by atoms with Gasteiger partial charge in [-0.25, -0.2) is 9.59 Å². The summed E-state index contributed by atoms with van der Waals surface area (Å²) in [6.07, 6.45) is 4.87. The van der Waals surface area contributed by atoms with Crippen molar-refractivity contribution in [3.63, 3.8) is 0 Å². The molecule has 1 aliphatic heterocycles. The molecule has 1 aromatic rings. The molecule has 27 heavy (non-hydrogen) atoms. The molecule has 0 atom stereocenters. The van der Waals surface area contributed by atoms with Crippen molar-refractivity contribution in [1.82, 2.24) is 10.2 Å². The predicted octanol–water partition coefficient (Wildman–Crippen LogP) is 2.19. The monoisotopic (exact) mass is 374 g/mol. The van der Waals surface area contributed by atoms with Crippen molar-refractivity contribution in [3.05, 3.63) is 35.4 Å². The first-order chi connectivity index (χ1) is 12.9. The highest BCUT2D eigenvalue weighted by molar-refractivity contribution is 6.31. The average Bonchev–Trinajstić information content (AvgIpc) is 2.63. The molecule has 0 spiro atoms. The number of imide groups is 2. The summed E-state index contributed by atoms with van der Waals surface area (Å²) in [5.41, 5.74) is 0.175. The second-order valence-electron chi connectivity index (χ2n) is 6.05. The summed E-state index contributed by atoms with van der Waals surface area (Å²) < 4.78 is 5.18. The van der Waals surface area contributed by atoms with Gasteiger partial charge in [0.2, 0.25) is 0 Å². The van der Waals surface area contributed by atoms with E-state index in [0.717, 1.165) is 24.2 Å². The van der Waals surface area contributed by atoms with Crippen molar-refractivity contribution in [2.75, 3.05) is 13.2 Å². The number of carboxylic acid groups (broad SMARTS) is 1. The van der Waals surface area contributed by atoms with Crippen LogP contribution in [-0.2, 0) is 14.4 Å². The van der Waals surface area contributed by atoms with E-state index in [4.69, 9.17) is 9.84 Å². The molecule has 1 aromatic carbocycles.